The lowest BCUT2D eigenvalue weighted by Crippen LogP contribution is -2.48. The van der Waals surface area contributed by atoms with E-state index in [9.17, 15) is 8.42 Å². The van der Waals surface area contributed by atoms with Gasteiger partial charge in [-0.1, -0.05) is 70.3 Å². The van der Waals surface area contributed by atoms with Crippen LogP contribution in [0.3, 0.4) is 0 Å². The summed E-state index contributed by atoms with van der Waals surface area (Å²) in [6, 6.07) is 6.98. The molecule has 29 heavy (non-hydrogen) atoms. The van der Waals surface area contributed by atoms with Crippen LogP contribution in [-0.4, -0.2) is 30.1 Å². The van der Waals surface area contributed by atoms with Crippen LogP contribution < -0.4 is 4.72 Å². The largest absolute Gasteiger partial charge is 0.241 e. The minimum atomic E-state index is -3.65. The Morgan fingerprint density at radius 2 is 1.34 bits per heavy atom. The molecule has 0 aliphatic heterocycles. The van der Waals surface area contributed by atoms with Gasteiger partial charge in [-0.2, -0.15) is 0 Å². The smallest absolute Gasteiger partial charge is 0.207 e. The Labute approximate surface area is 181 Å². The van der Waals surface area contributed by atoms with Crippen LogP contribution in [0.1, 0.15) is 38.2 Å². The Kier molecular flexibility index (Phi) is 8.98. The zero-order valence-corrected chi connectivity index (χ0v) is 22.2. The van der Waals surface area contributed by atoms with Crippen molar-refractivity contribution in [2.24, 2.45) is 0 Å². The van der Waals surface area contributed by atoms with Gasteiger partial charge in [0.25, 0.3) is 0 Å². The van der Waals surface area contributed by atoms with Gasteiger partial charge in [0.15, 0.2) is 0 Å². The van der Waals surface area contributed by atoms with Crippen LogP contribution in [0.25, 0.3) is 0 Å². The normalized spacial score (nSPS) is 12.6. The maximum atomic E-state index is 13.2. The van der Waals surface area contributed by atoms with Crippen molar-refractivity contribution in [2.45, 2.75) is 89.2 Å². The van der Waals surface area contributed by atoms with Crippen LogP contribution in [0.2, 0.25) is 39.3 Å². The van der Waals surface area contributed by atoms with Gasteiger partial charge in [0.05, 0.1) is 10.4 Å². The first-order chi connectivity index (χ1) is 13.2. The number of nitrogens with one attached hydrogen (secondary N) is 1. The summed E-state index contributed by atoms with van der Waals surface area (Å²) in [6.07, 6.45) is 2.53. The number of hydrogen-bond acceptors (Lipinski definition) is 2. The number of aryl methyl sites for hydroxylation is 1. The third-order valence-corrected chi connectivity index (χ3v) is 7.64. The van der Waals surface area contributed by atoms with Gasteiger partial charge in [0.2, 0.25) is 10.0 Å². The number of benzene rings is 1. The lowest BCUT2D eigenvalue weighted by atomic mass is 9.88. The average Bonchev–Trinajstić information content (AvgIpc) is 2.52. The first-order valence-electron chi connectivity index (χ1n) is 10.3. The molecule has 3 nitrogen and oxygen atoms in total. The predicted octanol–water partition coefficient (Wildman–Crippen LogP) is 5.35. The Morgan fingerprint density at radius 1 is 0.897 bits per heavy atom. The molecule has 0 aromatic heterocycles. The van der Waals surface area contributed by atoms with E-state index in [0.717, 1.165) is 12.0 Å². The zero-order valence-electron chi connectivity index (χ0n) is 19.4. The molecule has 1 N–H and O–H groups in total. The number of hydrogen-bond donors (Lipinski definition) is 1. The molecule has 0 aliphatic rings. The molecule has 0 bridgehead atoms. The molecule has 0 fully saturated rings. The Hall–Kier alpha value is -1.32. The second-order valence-corrected chi connectivity index (χ2v) is 21.1. The molecule has 0 unspecified atom stereocenters. The van der Waals surface area contributed by atoms with Crippen molar-refractivity contribution in [1.29, 1.82) is 0 Å². The first kappa shape index (κ1) is 25.7. The monoisotopic (exact) mass is 447 g/mol. The molecule has 6 heteroatoms. The summed E-state index contributed by atoms with van der Waals surface area (Å²) >= 11 is 0. The van der Waals surface area contributed by atoms with Crippen molar-refractivity contribution in [3.05, 3.63) is 29.8 Å². The van der Waals surface area contributed by atoms with Gasteiger partial charge in [-0.25, -0.2) is 13.1 Å². The van der Waals surface area contributed by atoms with E-state index in [-0.39, 0.29) is 0 Å². The van der Waals surface area contributed by atoms with Crippen molar-refractivity contribution < 1.29 is 8.42 Å². The van der Waals surface area contributed by atoms with Gasteiger partial charge in [-0.05, 0) is 25.5 Å². The fourth-order valence-electron chi connectivity index (χ4n) is 2.86. The van der Waals surface area contributed by atoms with Crippen molar-refractivity contribution >= 4 is 26.2 Å². The highest BCUT2D eigenvalue weighted by atomic mass is 32.2. The van der Waals surface area contributed by atoms with Crippen LogP contribution in [0.4, 0.5) is 0 Å². The summed E-state index contributed by atoms with van der Waals surface area (Å²) in [5.74, 6) is 6.62. The standard InChI is InChI=1S/C23H37NO2SSi2/c1-9-16-23(17-10-19-28(3,4)5,18-11-20-29(6,7)8)24-27(25,26)22-14-12-21(2)13-15-22/h12-15,24H,9,16-18H2,1-8H3. The molecule has 0 saturated carbocycles. The molecule has 1 aromatic rings. The summed E-state index contributed by atoms with van der Waals surface area (Å²) in [6.45, 7) is 17.2. The molecular weight excluding hydrogens is 410 g/mol. The van der Waals surface area contributed by atoms with Gasteiger partial charge < -0.3 is 0 Å². The molecule has 0 atom stereocenters. The van der Waals surface area contributed by atoms with E-state index >= 15 is 0 Å². The quantitative estimate of drug-likeness (QED) is 0.452. The van der Waals surface area contributed by atoms with E-state index in [0.29, 0.717) is 24.2 Å². The van der Waals surface area contributed by atoms with Gasteiger partial charge in [-0.15, -0.1) is 22.9 Å². The van der Waals surface area contributed by atoms with Crippen LogP contribution in [0.15, 0.2) is 29.2 Å². The maximum absolute atomic E-state index is 13.2. The molecule has 1 rings (SSSR count). The van der Waals surface area contributed by atoms with E-state index in [1.807, 2.05) is 19.1 Å². The molecular formula is C23H37NO2SSi2. The van der Waals surface area contributed by atoms with Crippen molar-refractivity contribution in [2.75, 3.05) is 0 Å². The number of rotatable bonds is 7. The van der Waals surface area contributed by atoms with Crippen LogP contribution in [-0.2, 0) is 10.0 Å². The third kappa shape index (κ3) is 9.82. The fourth-order valence-corrected chi connectivity index (χ4v) is 5.53. The summed E-state index contributed by atoms with van der Waals surface area (Å²) in [7, 11) is -6.73. The third-order valence-electron chi connectivity index (χ3n) is 4.19. The van der Waals surface area contributed by atoms with E-state index in [2.05, 4.69) is 73.9 Å². The van der Waals surface area contributed by atoms with E-state index < -0.39 is 31.7 Å². The average molecular weight is 448 g/mol. The molecule has 0 spiro atoms. The van der Waals surface area contributed by atoms with Gasteiger partial charge in [-0.3, -0.25) is 0 Å². The van der Waals surface area contributed by atoms with E-state index in [1.54, 1.807) is 12.1 Å². The summed E-state index contributed by atoms with van der Waals surface area (Å²) in [5.41, 5.74) is 7.14. The van der Waals surface area contributed by atoms with Gasteiger partial charge in [0.1, 0.15) is 16.1 Å². The van der Waals surface area contributed by atoms with Crippen molar-refractivity contribution in [1.82, 2.24) is 4.72 Å². The number of sulfonamides is 1. The highest BCUT2D eigenvalue weighted by Crippen LogP contribution is 2.25. The zero-order chi connectivity index (χ0) is 22.3. The summed E-state index contributed by atoms with van der Waals surface area (Å²) < 4.78 is 29.3. The van der Waals surface area contributed by atoms with Gasteiger partial charge in [0, 0.05) is 12.8 Å². The van der Waals surface area contributed by atoms with E-state index in [4.69, 9.17) is 0 Å². The highest BCUT2D eigenvalue weighted by Gasteiger charge is 2.33. The Balaban J connectivity index is 3.34. The second kappa shape index (κ2) is 10.1. The Bertz CT molecular complexity index is 867. The summed E-state index contributed by atoms with van der Waals surface area (Å²) in [4.78, 5) is 0.292. The maximum Gasteiger partial charge on any atom is 0.241 e. The fraction of sp³-hybridized carbons (Fsp3) is 0.565. The van der Waals surface area contributed by atoms with E-state index in [1.165, 1.54) is 0 Å². The molecule has 0 aliphatic carbocycles. The van der Waals surface area contributed by atoms with Crippen molar-refractivity contribution in [3.8, 4) is 22.9 Å². The molecule has 0 radical (unpaired) electrons. The van der Waals surface area contributed by atoms with Crippen molar-refractivity contribution in [3.63, 3.8) is 0 Å². The molecule has 0 heterocycles. The molecule has 1 aromatic carbocycles. The minimum Gasteiger partial charge on any atom is -0.207 e. The topological polar surface area (TPSA) is 46.2 Å². The summed E-state index contributed by atoms with van der Waals surface area (Å²) in [5, 5.41) is 0. The predicted molar refractivity (Wildman–Crippen MR) is 131 cm³/mol. The lowest BCUT2D eigenvalue weighted by molar-refractivity contribution is 0.364. The lowest BCUT2D eigenvalue weighted by Gasteiger charge is -2.31. The molecule has 160 valence electrons. The molecule has 0 saturated heterocycles. The van der Waals surface area contributed by atoms with Crippen LogP contribution >= 0.6 is 0 Å². The Morgan fingerprint density at radius 3 is 1.72 bits per heavy atom. The minimum absolute atomic E-state index is 0.292. The van der Waals surface area contributed by atoms with Crippen LogP contribution in [0, 0.1) is 29.9 Å². The highest BCUT2D eigenvalue weighted by molar-refractivity contribution is 7.89. The van der Waals surface area contributed by atoms with Crippen LogP contribution in [0.5, 0.6) is 0 Å². The SMILES string of the molecule is CCCC(CC#C[Si](C)(C)C)(CC#C[Si](C)(C)C)NS(=O)(=O)c1ccc(C)cc1. The first-order valence-corrected chi connectivity index (χ1v) is 18.8. The second-order valence-electron chi connectivity index (χ2n) is 9.91. The molecule has 0 amide bonds. The van der Waals surface area contributed by atoms with Gasteiger partial charge >= 0.3 is 0 Å².